The summed E-state index contributed by atoms with van der Waals surface area (Å²) < 4.78 is 136. The second kappa shape index (κ2) is 11.0. The zero-order valence-corrected chi connectivity index (χ0v) is 18.5. The minimum atomic E-state index is -6.48. The van der Waals surface area contributed by atoms with Gasteiger partial charge >= 0.3 is 45.2 Å². The van der Waals surface area contributed by atoms with Crippen LogP contribution in [0.25, 0.3) is 0 Å². The highest BCUT2D eigenvalue weighted by Gasteiger charge is 2.68. The molecular formula is C17H23F7O8S. The summed E-state index contributed by atoms with van der Waals surface area (Å²) in [5.41, 5.74) is -0.559. The Hall–Kier alpha value is -1.94. The number of esters is 2. The van der Waals surface area contributed by atoms with Crippen molar-refractivity contribution in [1.82, 2.24) is 0 Å². The summed E-state index contributed by atoms with van der Waals surface area (Å²) in [5, 5.41) is -5.85. The van der Waals surface area contributed by atoms with E-state index in [1.54, 1.807) is 0 Å². The summed E-state index contributed by atoms with van der Waals surface area (Å²) in [6.07, 6.45) is -9.49. The molecule has 1 atom stereocenters. The third kappa shape index (κ3) is 7.81. The topological polar surface area (TPSA) is 116 Å². The molecule has 1 N–H and O–H groups in total. The third-order valence-electron chi connectivity index (χ3n) is 3.71. The number of carbonyl (C=O) groups is 2. The van der Waals surface area contributed by atoms with Crippen molar-refractivity contribution in [2.45, 2.75) is 63.2 Å². The second-order valence-corrected chi connectivity index (χ2v) is 8.74. The molecule has 0 rings (SSSR count). The van der Waals surface area contributed by atoms with Crippen LogP contribution in [-0.2, 0) is 33.9 Å². The van der Waals surface area contributed by atoms with Gasteiger partial charge in [0, 0.05) is 12.0 Å². The Morgan fingerprint density at radius 1 is 1.03 bits per heavy atom. The van der Waals surface area contributed by atoms with Crippen molar-refractivity contribution in [1.29, 1.82) is 0 Å². The summed E-state index contributed by atoms with van der Waals surface area (Å²) in [6, 6.07) is 0. The molecule has 8 nitrogen and oxygen atoms in total. The van der Waals surface area contributed by atoms with E-state index in [4.69, 9.17) is 4.55 Å². The normalized spacial score (nSPS) is 15.2. The van der Waals surface area contributed by atoms with Gasteiger partial charge in [-0.05, 0) is 25.7 Å². The van der Waals surface area contributed by atoms with Gasteiger partial charge in [0.25, 0.3) is 0 Å². The van der Waals surface area contributed by atoms with Gasteiger partial charge in [0.15, 0.2) is 0 Å². The number of hydrogen-bond donors (Lipinski definition) is 1. The van der Waals surface area contributed by atoms with Gasteiger partial charge in [0.05, 0.1) is 13.2 Å². The Labute approximate surface area is 184 Å². The van der Waals surface area contributed by atoms with Crippen LogP contribution < -0.4 is 0 Å². The van der Waals surface area contributed by atoms with Gasteiger partial charge in [-0.25, -0.2) is 9.59 Å². The molecule has 0 heterocycles. The number of unbranched alkanes of at least 4 members (excludes halogenated alkanes) is 1. The lowest BCUT2D eigenvalue weighted by Gasteiger charge is -2.32. The zero-order chi connectivity index (χ0) is 26.5. The first-order valence-electron chi connectivity index (χ1n) is 9.12. The Balaban J connectivity index is 5.56. The number of hydrogen-bond acceptors (Lipinski definition) is 7. The fourth-order valence-electron chi connectivity index (χ4n) is 1.94. The molecule has 16 heteroatoms. The van der Waals surface area contributed by atoms with E-state index in [9.17, 15) is 48.7 Å². The van der Waals surface area contributed by atoms with E-state index in [1.807, 2.05) is 0 Å². The van der Waals surface area contributed by atoms with Gasteiger partial charge in [-0.2, -0.15) is 39.2 Å². The highest BCUT2D eigenvalue weighted by atomic mass is 32.2. The Bertz CT molecular complexity index is 824. The molecular weight excluding hydrogens is 497 g/mol. The molecule has 0 aromatic rings. The average Bonchev–Trinajstić information content (AvgIpc) is 2.62. The molecule has 0 saturated carbocycles. The van der Waals surface area contributed by atoms with E-state index >= 15 is 0 Å². The van der Waals surface area contributed by atoms with Crippen molar-refractivity contribution < 1.29 is 67.5 Å². The van der Waals surface area contributed by atoms with Crippen molar-refractivity contribution in [2.24, 2.45) is 5.92 Å². The van der Waals surface area contributed by atoms with Crippen LogP contribution in [0, 0.1) is 5.92 Å². The van der Waals surface area contributed by atoms with Gasteiger partial charge in [-0.1, -0.05) is 20.4 Å². The molecule has 0 spiro atoms. The van der Waals surface area contributed by atoms with Crippen molar-refractivity contribution >= 4 is 22.1 Å². The minimum absolute atomic E-state index is 0.441. The van der Waals surface area contributed by atoms with Gasteiger partial charge in [-0.15, -0.1) is 0 Å². The summed E-state index contributed by atoms with van der Waals surface area (Å²) in [5.74, 6) is -13.9. The number of ether oxygens (including phenoxy) is 3. The van der Waals surface area contributed by atoms with Crippen LogP contribution in [0.2, 0.25) is 0 Å². The molecule has 0 bridgehead atoms. The standard InChI is InChI=1S/C17H23F7O8S/c1-10(2)9-30-13(26)15(16(20,21)22,32-12(25)11(3)4)31-8-6-5-7-14(18,19)17(23,24)33(27,28)29/h10H,3,5-9H2,1-2,4H3,(H,27,28,29). The lowest BCUT2D eigenvalue weighted by molar-refractivity contribution is -0.355. The SMILES string of the molecule is C=C(C)C(=O)OC(OCCCCC(F)(F)C(F)(F)S(=O)(=O)O)(C(=O)OCC(C)C)C(F)(F)F. The summed E-state index contributed by atoms with van der Waals surface area (Å²) in [7, 11) is -6.48. The quantitative estimate of drug-likeness (QED) is 0.0972. The molecule has 1 unspecified atom stereocenters. The lowest BCUT2D eigenvalue weighted by atomic mass is 10.1. The monoisotopic (exact) mass is 520 g/mol. The summed E-state index contributed by atoms with van der Waals surface area (Å²) >= 11 is 0. The van der Waals surface area contributed by atoms with E-state index in [-0.39, 0.29) is 0 Å². The van der Waals surface area contributed by atoms with E-state index in [0.717, 1.165) is 6.92 Å². The van der Waals surface area contributed by atoms with Crippen LogP contribution in [0.3, 0.4) is 0 Å². The van der Waals surface area contributed by atoms with Crippen molar-refractivity contribution in [3.63, 3.8) is 0 Å². The molecule has 0 aliphatic rings. The maximum atomic E-state index is 13.7. The summed E-state index contributed by atoms with van der Waals surface area (Å²) in [6.45, 7) is 5.21. The fourth-order valence-corrected chi connectivity index (χ4v) is 2.42. The van der Waals surface area contributed by atoms with Gasteiger partial charge in [0.2, 0.25) is 0 Å². The molecule has 0 fully saturated rings. The van der Waals surface area contributed by atoms with Crippen molar-refractivity contribution in [2.75, 3.05) is 13.2 Å². The predicted octanol–water partition coefficient (Wildman–Crippen LogP) is 3.87. The van der Waals surface area contributed by atoms with Gasteiger partial charge < -0.3 is 14.2 Å². The van der Waals surface area contributed by atoms with Gasteiger partial charge in [-0.3, -0.25) is 4.55 Å². The largest absolute Gasteiger partial charge is 0.468 e. The van der Waals surface area contributed by atoms with Crippen LogP contribution >= 0.6 is 0 Å². The van der Waals surface area contributed by atoms with Crippen LogP contribution in [0.5, 0.6) is 0 Å². The van der Waals surface area contributed by atoms with Crippen LogP contribution in [0.15, 0.2) is 12.2 Å². The molecule has 0 amide bonds. The highest BCUT2D eigenvalue weighted by molar-refractivity contribution is 7.87. The number of halogens is 7. The maximum Gasteiger partial charge on any atom is 0.468 e. The minimum Gasteiger partial charge on any atom is -0.460 e. The highest BCUT2D eigenvalue weighted by Crippen LogP contribution is 2.42. The average molecular weight is 520 g/mol. The zero-order valence-electron chi connectivity index (χ0n) is 17.7. The lowest BCUT2D eigenvalue weighted by Crippen LogP contribution is -2.58. The van der Waals surface area contributed by atoms with Crippen molar-refractivity contribution in [3.8, 4) is 0 Å². The first kappa shape index (κ1) is 31.1. The Kier molecular flexibility index (Phi) is 10.3. The molecule has 0 saturated heterocycles. The number of rotatable bonds is 13. The first-order valence-corrected chi connectivity index (χ1v) is 10.6. The molecule has 0 aliphatic carbocycles. The van der Waals surface area contributed by atoms with Crippen LogP contribution in [0.1, 0.15) is 40.0 Å². The molecule has 0 aromatic carbocycles. The fraction of sp³-hybridized carbons (Fsp3) is 0.765. The maximum absolute atomic E-state index is 13.7. The van der Waals surface area contributed by atoms with E-state index in [1.165, 1.54) is 13.8 Å². The smallest absolute Gasteiger partial charge is 0.460 e. The predicted molar refractivity (Wildman–Crippen MR) is 96.7 cm³/mol. The van der Waals surface area contributed by atoms with Crippen molar-refractivity contribution in [3.05, 3.63) is 12.2 Å². The number of carbonyl (C=O) groups excluding carboxylic acids is 2. The van der Waals surface area contributed by atoms with Crippen LogP contribution in [-0.4, -0.2) is 61.3 Å². The molecule has 33 heavy (non-hydrogen) atoms. The summed E-state index contributed by atoms with van der Waals surface area (Å²) in [4.78, 5) is 23.9. The molecule has 0 radical (unpaired) electrons. The Morgan fingerprint density at radius 3 is 1.94 bits per heavy atom. The van der Waals surface area contributed by atoms with E-state index in [0.29, 0.717) is 0 Å². The second-order valence-electron chi connectivity index (χ2n) is 7.28. The number of alkyl halides is 7. The van der Waals surface area contributed by atoms with Gasteiger partial charge in [0.1, 0.15) is 0 Å². The van der Waals surface area contributed by atoms with E-state index < -0.39 is 89.2 Å². The molecule has 194 valence electrons. The Morgan fingerprint density at radius 2 is 1.55 bits per heavy atom. The molecule has 0 aromatic heterocycles. The third-order valence-corrected chi connectivity index (χ3v) is 4.66. The first-order chi connectivity index (χ1) is 14.6. The van der Waals surface area contributed by atoms with Crippen LogP contribution in [0.4, 0.5) is 30.7 Å². The van der Waals surface area contributed by atoms with E-state index in [2.05, 4.69) is 20.8 Å². The molecule has 0 aliphatic heterocycles.